The van der Waals surface area contributed by atoms with Crippen LogP contribution in [-0.4, -0.2) is 59.3 Å². The van der Waals surface area contributed by atoms with Gasteiger partial charge in [0, 0.05) is 47.4 Å². The molecule has 2 heterocycles. The Hall–Kier alpha value is -2.34. The van der Waals surface area contributed by atoms with E-state index in [9.17, 15) is 14.4 Å². The Morgan fingerprint density at radius 1 is 1.20 bits per heavy atom. The highest BCUT2D eigenvalue weighted by Gasteiger charge is 2.50. The zero-order valence-corrected chi connectivity index (χ0v) is 18.7. The number of hydrogen-bond donors (Lipinski definition) is 0. The van der Waals surface area contributed by atoms with E-state index in [1.54, 1.807) is 18.5 Å². The number of azide groups is 1. The van der Waals surface area contributed by atoms with Crippen molar-refractivity contribution in [3.05, 3.63) is 33.4 Å². The highest BCUT2D eigenvalue weighted by atomic mass is 79.9. The molecule has 0 spiro atoms. The summed E-state index contributed by atoms with van der Waals surface area (Å²) in [5.74, 6) is -1.87. The first-order chi connectivity index (χ1) is 14.2. The summed E-state index contributed by atoms with van der Waals surface area (Å²) in [6.45, 7) is 3.33. The van der Waals surface area contributed by atoms with E-state index in [2.05, 4.69) is 30.9 Å². The van der Waals surface area contributed by atoms with Gasteiger partial charge >= 0.3 is 17.9 Å². The van der Waals surface area contributed by atoms with E-state index in [4.69, 9.17) is 24.5 Å². The van der Waals surface area contributed by atoms with Crippen LogP contribution in [-0.2, 0) is 33.3 Å². The van der Waals surface area contributed by atoms with Crippen molar-refractivity contribution in [1.29, 1.82) is 0 Å². The van der Waals surface area contributed by atoms with Crippen molar-refractivity contribution in [2.75, 3.05) is 6.61 Å². The van der Waals surface area contributed by atoms with Gasteiger partial charge in [-0.1, -0.05) is 16.9 Å². The number of pyridine rings is 1. The molecule has 0 N–H and O–H groups in total. The van der Waals surface area contributed by atoms with Gasteiger partial charge in [0.05, 0.1) is 0 Å². The van der Waals surface area contributed by atoms with Crippen LogP contribution in [0.15, 0.2) is 32.9 Å². The number of carbonyl (C=O) groups is 3. The molecule has 1 aliphatic rings. The SMILES string of the molecule is CC(=O)OC[C@H]1O[C@H](Sc2cncc(Br)c2)C(OC(C)=O)C(N=[N+]=[N-])[C@H]1OC(C)=O. The lowest BCUT2D eigenvalue weighted by molar-refractivity contribution is -0.201. The number of nitrogens with zero attached hydrogens (tertiary/aromatic N) is 4. The average Bonchev–Trinajstić information content (AvgIpc) is 2.64. The average molecular weight is 503 g/mol. The summed E-state index contributed by atoms with van der Waals surface area (Å²) in [4.78, 5) is 42.2. The Morgan fingerprint density at radius 2 is 1.87 bits per heavy atom. The quantitative estimate of drug-likeness (QED) is 0.180. The van der Waals surface area contributed by atoms with Gasteiger partial charge in [-0.15, -0.1) is 0 Å². The van der Waals surface area contributed by atoms with Crippen LogP contribution in [0.3, 0.4) is 0 Å². The van der Waals surface area contributed by atoms with E-state index in [1.165, 1.54) is 20.8 Å². The van der Waals surface area contributed by atoms with Crippen molar-refractivity contribution < 1.29 is 33.3 Å². The molecule has 5 atom stereocenters. The summed E-state index contributed by atoms with van der Waals surface area (Å²) in [5, 5.41) is 3.71. The van der Waals surface area contributed by atoms with Crippen molar-refractivity contribution in [2.24, 2.45) is 5.11 Å². The summed E-state index contributed by atoms with van der Waals surface area (Å²) >= 11 is 4.49. The fourth-order valence-corrected chi connectivity index (χ4v) is 4.41. The van der Waals surface area contributed by atoms with E-state index in [1.807, 2.05) is 0 Å². The van der Waals surface area contributed by atoms with Crippen molar-refractivity contribution >= 4 is 45.6 Å². The normalized spacial score (nSPS) is 25.5. The molecule has 0 saturated carbocycles. The van der Waals surface area contributed by atoms with E-state index in [0.29, 0.717) is 9.37 Å². The molecule has 11 nitrogen and oxygen atoms in total. The largest absolute Gasteiger partial charge is 0.463 e. The van der Waals surface area contributed by atoms with Gasteiger partial charge in [-0.05, 0) is 27.5 Å². The molecular weight excluding hydrogens is 484 g/mol. The summed E-state index contributed by atoms with van der Waals surface area (Å²) in [5.41, 5.74) is 8.20. The smallest absolute Gasteiger partial charge is 0.303 e. The van der Waals surface area contributed by atoms with Crippen LogP contribution in [0.1, 0.15) is 20.8 Å². The van der Waals surface area contributed by atoms with Gasteiger partial charge < -0.3 is 18.9 Å². The van der Waals surface area contributed by atoms with Gasteiger partial charge in [-0.3, -0.25) is 19.4 Å². The third kappa shape index (κ3) is 6.87. The molecular formula is C17H19BrN4O7S. The second-order valence-corrected chi connectivity index (χ2v) is 8.23. The Kier molecular flexibility index (Phi) is 8.90. The zero-order valence-electron chi connectivity index (χ0n) is 16.3. The highest BCUT2D eigenvalue weighted by Crippen LogP contribution is 2.37. The van der Waals surface area contributed by atoms with Crippen LogP contribution in [0.2, 0.25) is 0 Å². The standard InChI is InChI=1S/C17H19BrN4O7S/c1-8(23)26-7-13-15(27-9(2)24)14(21-22-19)16(28-10(3)25)17(29-13)30-12-4-11(18)5-20-6-12/h4-6,13-17H,7H2,1-3H3/t13-,14?,15+,16?,17-/m1/s1. The topological polar surface area (TPSA) is 150 Å². The number of rotatable bonds is 7. The number of ether oxygens (including phenoxy) is 4. The molecule has 0 radical (unpaired) electrons. The van der Waals surface area contributed by atoms with Crippen molar-refractivity contribution in [2.45, 2.75) is 55.5 Å². The molecule has 0 aromatic carbocycles. The van der Waals surface area contributed by atoms with E-state index >= 15 is 0 Å². The summed E-state index contributed by atoms with van der Waals surface area (Å²) in [7, 11) is 0. The van der Waals surface area contributed by atoms with E-state index in [0.717, 1.165) is 11.8 Å². The van der Waals surface area contributed by atoms with Gasteiger partial charge in [-0.2, -0.15) is 0 Å². The van der Waals surface area contributed by atoms with Crippen LogP contribution in [0.5, 0.6) is 0 Å². The molecule has 0 amide bonds. The first kappa shape index (κ1) is 23.9. The first-order valence-corrected chi connectivity index (χ1v) is 10.3. The van der Waals surface area contributed by atoms with E-state index in [-0.39, 0.29) is 6.61 Å². The molecule has 30 heavy (non-hydrogen) atoms. The highest BCUT2D eigenvalue weighted by molar-refractivity contribution is 9.10. The third-order valence-electron chi connectivity index (χ3n) is 3.79. The maximum Gasteiger partial charge on any atom is 0.303 e. The predicted octanol–water partition coefficient (Wildman–Crippen LogP) is 2.77. The molecule has 1 fully saturated rings. The predicted molar refractivity (Wildman–Crippen MR) is 107 cm³/mol. The number of thioether (sulfide) groups is 1. The fraction of sp³-hybridized carbons (Fsp3) is 0.529. The minimum Gasteiger partial charge on any atom is -0.463 e. The number of aromatic nitrogens is 1. The van der Waals surface area contributed by atoms with Gasteiger partial charge in [-0.25, -0.2) is 0 Å². The van der Waals surface area contributed by atoms with Crippen LogP contribution >= 0.6 is 27.7 Å². The molecule has 162 valence electrons. The zero-order chi connectivity index (χ0) is 22.3. The molecule has 0 bridgehead atoms. The molecule has 1 aromatic heterocycles. The van der Waals surface area contributed by atoms with Crippen LogP contribution in [0.4, 0.5) is 0 Å². The molecule has 0 aliphatic carbocycles. The molecule has 2 unspecified atom stereocenters. The number of esters is 3. The maximum atomic E-state index is 11.7. The lowest BCUT2D eigenvalue weighted by Gasteiger charge is -2.43. The second kappa shape index (κ2) is 11.2. The summed E-state index contributed by atoms with van der Waals surface area (Å²) in [6, 6.07) is 0.655. The van der Waals surface area contributed by atoms with Gasteiger partial charge in [0.15, 0.2) is 0 Å². The first-order valence-electron chi connectivity index (χ1n) is 8.66. The molecule has 1 aromatic rings. The lowest BCUT2D eigenvalue weighted by atomic mass is 9.97. The van der Waals surface area contributed by atoms with Crippen molar-refractivity contribution in [3.63, 3.8) is 0 Å². The monoisotopic (exact) mass is 502 g/mol. The van der Waals surface area contributed by atoms with Crippen LogP contribution < -0.4 is 0 Å². The minimum absolute atomic E-state index is 0.259. The Balaban J connectivity index is 2.43. The van der Waals surface area contributed by atoms with Crippen molar-refractivity contribution in [3.8, 4) is 0 Å². The van der Waals surface area contributed by atoms with Gasteiger partial charge in [0.1, 0.15) is 36.4 Å². The lowest BCUT2D eigenvalue weighted by Crippen LogP contribution is -2.59. The Bertz CT molecular complexity index is 851. The maximum absolute atomic E-state index is 11.7. The summed E-state index contributed by atoms with van der Waals surface area (Å²) in [6.07, 6.45) is -0.0124. The second-order valence-electron chi connectivity index (χ2n) is 6.15. The molecule has 1 aliphatic heterocycles. The van der Waals surface area contributed by atoms with Crippen LogP contribution in [0, 0.1) is 0 Å². The van der Waals surface area contributed by atoms with Gasteiger partial charge in [0.25, 0.3) is 0 Å². The van der Waals surface area contributed by atoms with Gasteiger partial charge in [0.2, 0.25) is 0 Å². The van der Waals surface area contributed by atoms with E-state index < -0.39 is 47.7 Å². The number of hydrogen-bond acceptors (Lipinski definition) is 10. The molecule has 2 rings (SSSR count). The van der Waals surface area contributed by atoms with Crippen LogP contribution in [0.25, 0.3) is 10.4 Å². The number of halogens is 1. The minimum atomic E-state index is -1.14. The molecule has 13 heteroatoms. The summed E-state index contributed by atoms with van der Waals surface area (Å²) < 4.78 is 22.4. The fourth-order valence-electron chi connectivity index (χ4n) is 2.76. The Morgan fingerprint density at radius 3 is 2.43 bits per heavy atom. The van der Waals surface area contributed by atoms with Crippen molar-refractivity contribution in [1.82, 2.24) is 4.98 Å². The third-order valence-corrected chi connectivity index (χ3v) is 5.33. The Labute approximate surface area is 184 Å². The number of carbonyl (C=O) groups excluding carboxylic acids is 3. The molecule has 1 saturated heterocycles.